The van der Waals surface area contributed by atoms with E-state index in [0.717, 1.165) is 12.8 Å². The van der Waals surface area contributed by atoms with Crippen molar-refractivity contribution in [2.24, 2.45) is 0 Å². The van der Waals surface area contributed by atoms with E-state index in [1.54, 1.807) is 12.1 Å². The fourth-order valence-electron chi connectivity index (χ4n) is 1.79. The van der Waals surface area contributed by atoms with Gasteiger partial charge in [0.05, 0.1) is 31.2 Å². The van der Waals surface area contributed by atoms with E-state index in [2.05, 4.69) is 10.3 Å². The average Bonchev–Trinajstić information content (AvgIpc) is 2.48. The van der Waals surface area contributed by atoms with Gasteiger partial charge in [-0.1, -0.05) is 0 Å². The zero-order valence-corrected chi connectivity index (χ0v) is 14.0. The number of aromatic nitrogens is 1. The van der Waals surface area contributed by atoms with Crippen LogP contribution in [0, 0.1) is 0 Å². The Balaban J connectivity index is 2.24. The lowest BCUT2D eigenvalue weighted by atomic mass is 10.2. The molecule has 0 aliphatic rings. The van der Waals surface area contributed by atoms with Gasteiger partial charge in [0.25, 0.3) is 0 Å². The van der Waals surface area contributed by atoms with E-state index in [1.165, 1.54) is 0 Å². The lowest BCUT2D eigenvalue weighted by molar-refractivity contribution is 0.0526. The van der Waals surface area contributed by atoms with Crippen LogP contribution in [0.15, 0.2) is 12.1 Å². The summed E-state index contributed by atoms with van der Waals surface area (Å²) in [7, 11) is 0. The highest BCUT2D eigenvalue weighted by Gasteiger charge is 2.15. The topological polar surface area (TPSA) is 101 Å². The SMILES string of the molecule is CC(C)(C)OC(=O)NCCCCOc1cc(CO)nc(CO)c1. The van der Waals surface area contributed by atoms with Crippen molar-refractivity contribution in [1.82, 2.24) is 10.3 Å². The zero-order valence-electron chi connectivity index (χ0n) is 14.0. The molecule has 23 heavy (non-hydrogen) atoms. The first-order valence-corrected chi connectivity index (χ1v) is 7.65. The normalized spacial score (nSPS) is 11.2. The standard InChI is InChI=1S/C16H26N2O5/c1-16(2,3)23-15(21)17-6-4-5-7-22-14-8-12(10-19)18-13(9-14)11-20/h8-9,19-20H,4-7,10-11H2,1-3H3,(H,17,21). The summed E-state index contributed by atoms with van der Waals surface area (Å²) in [6, 6.07) is 3.27. The van der Waals surface area contributed by atoms with Crippen LogP contribution in [0.3, 0.4) is 0 Å². The molecule has 0 unspecified atom stereocenters. The summed E-state index contributed by atoms with van der Waals surface area (Å²) in [6.07, 6.45) is 1.08. The van der Waals surface area contributed by atoms with Crippen molar-refractivity contribution >= 4 is 6.09 Å². The van der Waals surface area contributed by atoms with E-state index < -0.39 is 11.7 Å². The van der Waals surface area contributed by atoms with Gasteiger partial charge in [0, 0.05) is 18.7 Å². The Morgan fingerprint density at radius 1 is 1.17 bits per heavy atom. The first kappa shape index (κ1) is 19.2. The predicted octanol–water partition coefficient (Wildman–Crippen LogP) is 1.75. The number of rotatable bonds is 8. The molecular weight excluding hydrogens is 300 g/mol. The number of aliphatic hydroxyl groups excluding tert-OH is 2. The molecule has 1 aromatic rings. The number of pyridine rings is 1. The van der Waals surface area contributed by atoms with Crippen LogP contribution in [0.25, 0.3) is 0 Å². The number of amides is 1. The number of unbranched alkanes of at least 4 members (excludes halogenated alkanes) is 1. The van der Waals surface area contributed by atoms with Crippen molar-refractivity contribution in [1.29, 1.82) is 0 Å². The molecule has 7 nitrogen and oxygen atoms in total. The molecule has 7 heteroatoms. The van der Waals surface area contributed by atoms with E-state index in [9.17, 15) is 4.79 Å². The van der Waals surface area contributed by atoms with Crippen molar-refractivity contribution in [3.8, 4) is 5.75 Å². The largest absolute Gasteiger partial charge is 0.493 e. The molecule has 1 aromatic heterocycles. The molecule has 0 saturated carbocycles. The number of aliphatic hydroxyl groups is 2. The van der Waals surface area contributed by atoms with Crippen LogP contribution < -0.4 is 10.1 Å². The van der Waals surface area contributed by atoms with Crippen LogP contribution in [0.1, 0.15) is 45.0 Å². The molecule has 0 aliphatic heterocycles. The highest BCUT2D eigenvalue weighted by atomic mass is 16.6. The highest BCUT2D eigenvalue weighted by Crippen LogP contribution is 2.15. The van der Waals surface area contributed by atoms with Crippen LogP contribution in [0.2, 0.25) is 0 Å². The molecule has 1 rings (SSSR count). The molecule has 0 aromatic carbocycles. The van der Waals surface area contributed by atoms with Crippen molar-refractivity contribution in [2.75, 3.05) is 13.2 Å². The molecule has 1 heterocycles. The van der Waals surface area contributed by atoms with E-state index >= 15 is 0 Å². The smallest absolute Gasteiger partial charge is 0.407 e. The second kappa shape index (κ2) is 9.32. The first-order valence-electron chi connectivity index (χ1n) is 7.65. The Morgan fingerprint density at radius 2 is 1.78 bits per heavy atom. The van der Waals surface area contributed by atoms with E-state index in [0.29, 0.717) is 30.3 Å². The second-order valence-electron chi connectivity index (χ2n) is 6.09. The maximum atomic E-state index is 11.4. The summed E-state index contributed by atoms with van der Waals surface area (Å²) in [6.45, 7) is 6.02. The molecule has 0 spiro atoms. The molecule has 0 bridgehead atoms. The van der Waals surface area contributed by atoms with Crippen molar-refractivity contribution in [3.05, 3.63) is 23.5 Å². The molecule has 130 valence electrons. The minimum absolute atomic E-state index is 0.204. The maximum Gasteiger partial charge on any atom is 0.407 e. The molecular formula is C16H26N2O5. The average molecular weight is 326 g/mol. The van der Waals surface area contributed by atoms with Gasteiger partial charge < -0.3 is 25.0 Å². The van der Waals surface area contributed by atoms with Gasteiger partial charge in [-0.25, -0.2) is 4.79 Å². The minimum atomic E-state index is -0.497. The van der Waals surface area contributed by atoms with Gasteiger partial charge in [-0.3, -0.25) is 4.98 Å². The fraction of sp³-hybridized carbons (Fsp3) is 0.625. The minimum Gasteiger partial charge on any atom is -0.493 e. The quantitative estimate of drug-likeness (QED) is 0.629. The highest BCUT2D eigenvalue weighted by molar-refractivity contribution is 5.67. The molecule has 3 N–H and O–H groups in total. The number of ether oxygens (including phenoxy) is 2. The molecule has 0 saturated heterocycles. The summed E-state index contributed by atoms with van der Waals surface area (Å²) in [5.41, 5.74) is 0.417. The Morgan fingerprint density at radius 3 is 2.30 bits per heavy atom. The van der Waals surface area contributed by atoms with Gasteiger partial charge in [0.15, 0.2) is 0 Å². The lowest BCUT2D eigenvalue weighted by Gasteiger charge is -2.19. The van der Waals surface area contributed by atoms with Gasteiger partial charge in [-0.15, -0.1) is 0 Å². The molecule has 0 fully saturated rings. The van der Waals surface area contributed by atoms with E-state index in [4.69, 9.17) is 19.7 Å². The monoisotopic (exact) mass is 326 g/mol. The van der Waals surface area contributed by atoms with Gasteiger partial charge in [-0.05, 0) is 33.6 Å². The summed E-state index contributed by atoms with van der Waals surface area (Å²) in [5.74, 6) is 0.563. The zero-order chi connectivity index (χ0) is 17.3. The lowest BCUT2D eigenvalue weighted by Crippen LogP contribution is -2.33. The third kappa shape index (κ3) is 8.37. The number of carbonyl (C=O) groups is 1. The fourth-order valence-corrected chi connectivity index (χ4v) is 1.79. The van der Waals surface area contributed by atoms with Crippen LogP contribution in [-0.2, 0) is 18.0 Å². The third-order valence-electron chi connectivity index (χ3n) is 2.74. The number of carbonyl (C=O) groups excluding carboxylic acids is 1. The van der Waals surface area contributed by atoms with Crippen LogP contribution in [0.5, 0.6) is 5.75 Å². The number of hydrogen-bond acceptors (Lipinski definition) is 6. The molecule has 0 aliphatic carbocycles. The second-order valence-corrected chi connectivity index (χ2v) is 6.09. The summed E-state index contributed by atoms with van der Waals surface area (Å²) >= 11 is 0. The van der Waals surface area contributed by atoms with E-state index in [1.807, 2.05) is 20.8 Å². The predicted molar refractivity (Wildman–Crippen MR) is 85.0 cm³/mol. The van der Waals surface area contributed by atoms with Gasteiger partial charge in [0.2, 0.25) is 0 Å². The van der Waals surface area contributed by atoms with Gasteiger partial charge in [0.1, 0.15) is 11.4 Å². The number of nitrogens with one attached hydrogen (secondary N) is 1. The van der Waals surface area contributed by atoms with Crippen LogP contribution in [-0.4, -0.2) is 40.0 Å². The number of nitrogens with zero attached hydrogens (tertiary/aromatic N) is 1. The Labute approximate surface area is 136 Å². The number of hydrogen-bond donors (Lipinski definition) is 3. The molecule has 0 radical (unpaired) electrons. The van der Waals surface area contributed by atoms with Gasteiger partial charge in [-0.2, -0.15) is 0 Å². The van der Waals surface area contributed by atoms with Crippen molar-refractivity contribution in [2.45, 2.75) is 52.4 Å². The molecule has 0 atom stereocenters. The van der Waals surface area contributed by atoms with Crippen LogP contribution in [0.4, 0.5) is 4.79 Å². The Bertz CT molecular complexity index is 477. The number of alkyl carbamates (subject to hydrolysis) is 1. The maximum absolute atomic E-state index is 11.4. The summed E-state index contributed by atoms with van der Waals surface area (Å²) in [4.78, 5) is 15.5. The third-order valence-corrected chi connectivity index (χ3v) is 2.74. The van der Waals surface area contributed by atoms with Gasteiger partial charge >= 0.3 is 6.09 Å². The Kier molecular flexibility index (Phi) is 7.77. The first-order chi connectivity index (χ1) is 10.8. The Hall–Kier alpha value is -1.86. The summed E-state index contributed by atoms with van der Waals surface area (Å²) in [5, 5.41) is 20.9. The van der Waals surface area contributed by atoms with Crippen molar-refractivity contribution < 1.29 is 24.5 Å². The van der Waals surface area contributed by atoms with E-state index in [-0.39, 0.29) is 13.2 Å². The molecule has 1 amide bonds. The summed E-state index contributed by atoms with van der Waals surface area (Å²) < 4.78 is 10.7. The van der Waals surface area contributed by atoms with Crippen molar-refractivity contribution in [3.63, 3.8) is 0 Å². The van der Waals surface area contributed by atoms with Crippen LogP contribution >= 0.6 is 0 Å².